The molecule has 1 aliphatic rings. The van der Waals surface area contributed by atoms with Crippen molar-refractivity contribution in [3.05, 3.63) is 60.2 Å². The Morgan fingerprint density at radius 2 is 0.964 bits per heavy atom. The third-order valence-electron chi connectivity index (χ3n) is 4.71. The lowest BCUT2D eigenvalue weighted by Crippen LogP contribution is -2.59. The van der Waals surface area contributed by atoms with Crippen molar-refractivity contribution in [2.45, 2.75) is 35.7 Å². The van der Waals surface area contributed by atoms with Gasteiger partial charge in [-0.25, -0.2) is 25.6 Å². The van der Waals surface area contributed by atoms with Crippen LogP contribution in [-0.2, 0) is 20.0 Å². The fourth-order valence-corrected chi connectivity index (χ4v) is 6.62. The highest BCUT2D eigenvalue weighted by atomic mass is 32.2. The van der Waals surface area contributed by atoms with E-state index in [-0.39, 0.29) is 22.9 Å². The highest BCUT2D eigenvalue weighted by Crippen LogP contribution is 2.28. The first-order valence-electron chi connectivity index (χ1n) is 8.58. The molecule has 0 radical (unpaired) electrons. The molecular weight excluding hydrogens is 410 g/mol. The van der Waals surface area contributed by atoms with Crippen LogP contribution in [0.5, 0.6) is 0 Å². The SMILES string of the molecule is C[C@@H]1CN(S(=O)(=O)c2ccc(F)cc2)[C@H](C)CN1S(=O)(=O)c1ccc(F)cc1. The summed E-state index contributed by atoms with van der Waals surface area (Å²) in [7, 11) is -7.81. The van der Waals surface area contributed by atoms with Crippen LogP contribution in [0.15, 0.2) is 58.3 Å². The molecule has 1 heterocycles. The van der Waals surface area contributed by atoms with Gasteiger partial charge >= 0.3 is 0 Å². The summed E-state index contributed by atoms with van der Waals surface area (Å²) in [6.07, 6.45) is 0. The van der Waals surface area contributed by atoms with Crippen LogP contribution in [0.25, 0.3) is 0 Å². The van der Waals surface area contributed by atoms with Gasteiger partial charge in [0.25, 0.3) is 0 Å². The average molecular weight is 430 g/mol. The van der Waals surface area contributed by atoms with Crippen LogP contribution in [-0.4, -0.2) is 50.6 Å². The predicted molar refractivity (Wildman–Crippen MR) is 99.5 cm³/mol. The van der Waals surface area contributed by atoms with Gasteiger partial charge < -0.3 is 0 Å². The summed E-state index contributed by atoms with van der Waals surface area (Å²) in [5.41, 5.74) is 0. The van der Waals surface area contributed by atoms with Crippen molar-refractivity contribution in [1.29, 1.82) is 0 Å². The van der Waals surface area contributed by atoms with E-state index in [0.717, 1.165) is 24.3 Å². The first-order chi connectivity index (χ1) is 13.0. The monoisotopic (exact) mass is 430 g/mol. The van der Waals surface area contributed by atoms with Gasteiger partial charge in [0.1, 0.15) is 11.6 Å². The number of benzene rings is 2. The lowest BCUT2D eigenvalue weighted by molar-refractivity contribution is 0.163. The normalized spacial score (nSPS) is 22.3. The molecule has 0 unspecified atom stereocenters. The van der Waals surface area contributed by atoms with Gasteiger partial charge in [0.2, 0.25) is 20.0 Å². The van der Waals surface area contributed by atoms with Crippen LogP contribution in [0.3, 0.4) is 0 Å². The largest absolute Gasteiger partial charge is 0.243 e. The molecule has 152 valence electrons. The van der Waals surface area contributed by atoms with E-state index in [4.69, 9.17) is 0 Å². The van der Waals surface area contributed by atoms with Crippen molar-refractivity contribution < 1.29 is 25.6 Å². The summed E-state index contributed by atoms with van der Waals surface area (Å²) in [5, 5.41) is 0. The van der Waals surface area contributed by atoms with Gasteiger partial charge in [-0.1, -0.05) is 0 Å². The van der Waals surface area contributed by atoms with E-state index in [0.29, 0.717) is 0 Å². The summed E-state index contributed by atoms with van der Waals surface area (Å²) in [5.74, 6) is -1.09. The molecule has 2 atom stereocenters. The molecule has 2 aromatic rings. The second kappa shape index (κ2) is 7.51. The van der Waals surface area contributed by atoms with Crippen LogP contribution in [0, 0.1) is 11.6 Å². The van der Waals surface area contributed by atoms with Gasteiger partial charge in [-0.15, -0.1) is 0 Å². The number of hydrogen-bond donors (Lipinski definition) is 0. The Balaban J connectivity index is 1.88. The standard InChI is InChI=1S/C18H20F2N2O4S2/c1-13-11-22(28(25,26)18-9-5-16(20)6-10-18)14(2)12-21(13)27(23,24)17-7-3-15(19)4-8-17/h3-10,13-14H,11-12H2,1-2H3/t13-,14-/m1/s1. The van der Waals surface area contributed by atoms with E-state index in [1.165, 1.54) is 32.9 Å². The van der Waals surface area contributed by atoms with Crippen molar-refractivity contribution in [1.82, 2.24) is 8.61 Å². The molecule has 1 aliphatic heterocycles. The van der Waals surface area contributed by atoms with E-state index in [1.54, 1.807) is 13.8 Å². The summed E-state index contributed by atoms with van der Waals surface area (Å²) < 4.78 is 80.3. The van der Waals surface area contributed by atoms with Gasteiger partial charge in [-0.3, -0.25) is 0 Å². The molecule has 0 bridgehead atoms. The highest BCUT2D eigenvalue weighted by Gasteiger charge is 2.41. The van der Waals surface area contributed by atoms with Crippen LogP contribution in [0.1, 0.15) is 13.8 Å². The van der Waals surface area contributed by atoms with Gasteiger partial charge in [0, 0.05) is 25.2 Å². The zero-order valence-corrected chi connectivity index (χ0v) is 16.9. The molecule has 0 N–H and O–H groups in total. The minimum absolute atomic E-state index is 0.0530. The van der Waals surface area contributed by atoms with E-state index >= 15 is 0 Å². The van der Waals surface area contributed by atoms with Gasteiger partial charge in [0.05, 0.1) is 9.79 Å². The van der Waals surface area contributed by atoms with E-state index in [1.807, 2.05) is 0 Å². The minimum Gasteiger partial charge on any atom is -0.207 e. The molecule has 0 saturated carbocycles. The Morgan fingerprint density at radius 3 is 1.25 bits per heavy atom. The minimum atomic E-state index is -3.90. The zero-order chi connectivity index (χ0) is 20.7. The van der Waals surface area contributed by atoms with Gasteiger partial charge in [0.15, 0.2) is 0 Å². The van der Waals surface area contributed by atoms with Crippen LogP contribution < -0.4 is 0 Å². The summed E-state index contributed by atoms with van der Waals surface area (Å²) in [6, 6.07) is 7.72. The number of rotatable bonds is 4. The van der Waals surface area contributed by atoms with Crippen molar-refractivity contribution in [3.8, 4) is 0 Å². The number of piperazine rings is 1. The number of hydrogen-bond acceptors (Lipinski definition) is 4. The molecule has 10 heteroatoms. The quantitative estimate of drug-likeness (QED) is 0.747. The molecular formula is C18H20F2N2O4S2. The highest BCUT2D eigenvalue weighted by molar-refractivity contribution is 7.89. The van der Waals surface area contributed by atoms with Crippen molar-refractivity contribution in [2.75, 3.05) is 13.1 Å². The Kier molecular flexibility index (Phi) is 5.59. The Morgan fingerprint density at radius 1 is 0.679 bits per heavy atom. The van der Waals surface area contributed by atoms with Gasteiger partial charge in [-0.2, -0.15) is 8.61 Å². The zero-order valence-electron chi connectivity index (χ0n) is 15.3. The predicted octanol–water partition coefficient (Wildman–Crippen LogP) is 2.44. The maximum Gasteiger partial charge on any atom is 0.243 e. The lowest BCUT2D eigenvalue weighted by atomic mass is 10.2. The fraction of sp³-hybridized carbons (Fsp3) is 0.333. The first-order valence-corrected chi connectivity index (χ1v) is 11.5. The summed E-state index contributed by atoms with van der Waals surface area (Å²) in [6.45, 7) is 3.11. The molecule has 28 heavy (non-hydrogen) atoms. The number of sulfonamides is 2. The van der Waals surface area contributed by atoms with E-state index < -0.39 is 43.8 Å². The van der Waals surface area contributed by atoms with E-state index in [2.05, 4.69) is 0 Å². The maximum absolute atomic E-state index is 13.1. The average Bonchev–Trinajstić information content (AvgIpc) is 2.63. The number of halogens is 2. The molecule has 1 fully saturated rings. The maximum atomic E-state index is 13.1. The van der Waals surface area contributed by atoms with Crippen molar-refractivity contribution >= 4 is 20.0 Å². The number of nitrogens with zero attached hydrogens (tertiary/aromatic N) is 2. The van der Waals surface area contributed by atoms with Crippen LogP contribution in [0.2, 0.25) is 0 Å². The topological polar surface area (TPSA) is 74.8 Å². The molecule has 0 aromatic heterocycles. The Labute approximate surface area is 163 Å². The summed E-state index contributed by atoms with van der Waals surface area (Å²) in [4.78, 5) is -0.106. The fourth-order valence-electron chi connectivity index (χ4n) is 3.22. The molecule has 0 spiro atoms. The second-order valence-electron chi connectivity index (χ2n) is 6.76. The third kappa shape index (κ3) is 3.82. The van der Waals surface area contributed by atoms with E-state index in [9.17, 15) is 25.6 Å². The first kappa shape index (κ1) is 20.8. The smallest absolute Gasteiger partial charge is 0.207 e. The van der Waals surface area contributed by atoms with Gasteiger partial charge in [-0.05, 0) is 62.4 Å². The third-order valence-corrected chi connectivity index (χ3v) is 8.70. The molecule has 6 nitrogen and oxygen atoms in total. The molecule has 3 rings (SSSR count). The van der Waals surface area contributed by atoms with Crippen LogP contribution in [0.4, 0.5) is 8.78 Å². The summed E-state index contributed by atoms with van der Waals surface area (Å²) >= 11 is 0. The lowest BCUT2D eigenvalue weighted by Gasteiger charge is -2.42. The molecule has 1 saturated heterocycles. The Bertz CT molecular complexity index is 968. The van der Waals surface area contributed by atoms with Crippen molar-refractivity contribution in [3.63, 3.8) is 0 Å². The second-order valence-corrected chi connectivity index (χ2v) is 10.5. The molecule has 0 aliphatic carbocycles. The molecule has 0 amide bonds. The Hall–Kier alpha value is -1.88. The van der Waals surface area contributed by atoms with Crippen LogP contribution >= 0.6 is 0 Å². The molecule has 2 aromatic carbocycles. The van der Waals surface area contributed by atoms with Crippen molar-refractivity contribution in [2.24, 2.45) is 0 Å².